The van der Waals surface area contributed by atoms with Gasteiger partial charge in [0, 0.05) is 12.2 Å². The van der Waals surface area contributed by atoms with Crippen LogP contribution >= 0.6 is 0 Å². The number of allylic oxidation sites excluding steroid dienone is 6. The number of hydrogen-bond acceptors (Lipinski definition) is 1. The number of unbranched alkanes of at least 4 members (excludes halogenated alkanes) is 12. The Bertz CT molecular complexity index is 618. The Balaban J connectivity index is 1.90. The fourth-order valence-corrected chi connectivity index (χ4v) is 5.30. The molecule has 0 aromatic carbocycles. The number of nitrogens with zero attached hydrogens (tertiary/aromatic N) is 1. The van der Waals surface area contributed by atoms with E-state index in [1.54, 1.807) is 5.57 Å². The largest absolute Gasteiger partial charge is 0.368 e. The highest BCUT2D eigenvalue weighted by atomic mass is 15.2. The quantitative estimate of drug-likeness (QED) is 0.222. The minimum atomic E-state index is 0.622. The Labute approximate surface area is 194 Å². The predicted octanol–water partition coefficient (Wildman–Crippen LogP) is 9.67. The van der Waals surface area contributed by atoms with Crippen molar-refractivity contribution in [1.29, 1.82) is 0 Å². The SMILES string of the molecule is CCCCCCCCC=CC1=C(C)N2CCCC2C(C=CCCCCCCCC)=C1C. The van der Waals surface area contributed by atoms with Crippen molar-refractivity contribution in [1.82, 2.24) is 4.90 Å². The summed E-state index contributed by atoms with van der Waals surface area (Å²) in [5, 5.41) is 0. The molecule has 1 unspecified atom stereocenters. The van der Waals surface area contributed by atoms with Crippen LogP contribution in [0.25, 0.3) is 0 Å². The lowest BCUT2D eigenvalue weighted by Gasteiger charge is -2.36. The fraction of sp³-hybridized carbons (Fsp3) is 0.733. The lowest BCUT2D eigenvalue weighted by atomic mass is 9.88. The average Bonchev–Trinajstić information content (AvgIpc) is 3.26. The fourth-order valence-electron chi connectivity index (χ4n) is 5.30. The zero-order chi connectivity index (χ0) is 22.3. The number of fused-ring (bicyclic) bond motifs is 1. The molecule has 2 rings (SSSR count). The molecular weight excluding hydrogens is 374 g/mol. The molecule has 1 saturated heterocycles. The maximum atomic E-state index is 2.68. The van der Waals surface area contributed by atoms with Crippen molar-refractivity contribution < 1.29 is 0 Å². The van der Waals surface area contributed by atoms with Crippen molar-refractivity contribution >= 4 is 0 Å². The van der Waals surface area contributed by atoms with E-state index in [0.717, 1.165) is 0 Å². The lowest BCUT2D eigenvalue weighted by Crippen LogP contribution is -2.33. The summed E-state index contributed by atoms with van der Waals surface area (Å²) in [6, 6.07) is 0.622. The van der Waals surface area contributed by atoms with Crippen LogP contribution in [-0.4, -0.2) is 17.5 Å². The molecule has 0 radical (unpaired) electrons. The zero-order valence-corrected chi connectivity index (χ0v) is 21.4. The third-order valence-corrected chi connectivity index (χ3v) is 7.30. The molecule has 1 heteroatoms. The first-order valence-electron chi connectivity index (χ1n) is 13.7. The van der Waals surface area contributed by atoms with Crippen LogP contribution in [0.3, 0.4) is 0 Å². The zero-order valence-electron chi connectivity index (χ0n) is 21.4. The van der Waals surface area contributed by atoms with Crippen LogP contribution in [0.1, 0.15) is 130 Å². The van der Waals surface area contributed by atoms with Gasteiger partial charge in [-0.25, -0.2) is 0 Å². The van der Waals surface area contributed by atoms with E-state index in [-0.39, 0.29) is 0 Å². The summed E-state index contributed by atoms with van der Waals surface area (Å²) in [4.78, 5) is 2.68. The third kappa shape index (κ3) is 8.66. The third-order valence-electron chi connectivity index (χ3n) is 7.30. The van der Waals surface area contributed by atoms with Gasteiger partial charge in [0.15, 0.2) is 0 Å². The van der Waals surface area contributed by atoms with Gasteiger partial charge in [-0.15, -0.1) is 0 Å². The Hall–Kier alpha value is -1.24. The maximum absolute atomic E-state index is 2.68. The van der Waals surface area contributed by atoms with Gasteiger partial charge in [0.25, 0.3) is 0 Å². The second-order valence-electron chi connectivity index (χ2n) is 9.85. The van der Waals surface area contributed by atoms with E-state index in [9.17, 15) is 0 Å². The molecule has 2 aliphatic rings. The summed E-state index contributed by atoms with van der Waals surface area (Å²) in [6.45, 7) is 10.5. The summed E-state index contributed by atoms with van der Waals surface area (Å²) in [6.07, 6.45) is 31.5. The Morgan fingerprint density at radius 2 is 1.29 bits per heavy atom. The van der Waals surface area contributed by atoms with Gasteiger partial charge < -0.3 is 4.90 Å². The summed E-state index contributed by atoms with van der Waals surface area (Å²) in [7, 11) is 0. The van der Waals surface area contributed by atoms with Crippen LogP contribution in [0.15, 0.2) is 46.7 Å². The van der Waals surface area contributed by atoms with E-state index in [2.05, 4.69) is 56.9 Å². The van der Waals surface area contributed by atoms with E-state index in [1.165, 1.54) is 126 Å². The first-order valence-corrected chi connectivity index (χ1v) is 13.7. The molecule has 2 aliphatic heterocycles. The molecule has 1 nitrogen and oxygen atoms in total. The maximum Gasteiger partial charge on any atom is 0.0542 e. The van der Waals surface area contributed by atoms with Crippen LogP contribution in [0, 0.1) is 0 Å². The molecule has 0 aromatic heterocycles. The van der Waals surface area contributed by atoms with E-state index in [0.29, 0.717) is 6.04 Å². The molecule has 176 valence electrons. The second kappa shape index (κ2) is 15.5. The second-order valence-corrected chi connectivity index (χ2v) is 9.85. The average molecular weight is 426 g/mol. The molecule has 0 aromatic rings. The van der Waals surface area contributed by atoms with E-state index < -0.39 is 0 Å². The van der Waals surface area contributed by atoms with Gasteiger partial charge in [0.05, 0.1) is 6.04 Å². The van der Waals surface area contributed by atoms with Crippen LogP contribution in [0.4, 0.5) is 0 Å². The molecule has 1 fully saturated rings. The highest BCUT2D eigenvalue weighted by molar-refractivity contribution is 5.52. The van der Waals surface area contributed by atoms with Crippen molar-refractivity contribution in [3.63, 3.8) is 0 Å². The molecule has 1 atom stereocenters. The smallest absolute Gasteiger partial charge is 0.0542 e. The summed E-state index contributed by atoms with van der Waals surface area (Å²) in [5.74, 6) is 0. The monoisotopic (exact) mass is 425 g/mol. The summed E-state index contributed by atoms with van der Waals surface area (Å²) >= 11 is 0. The first-order chi connectivity index (χ1) is 15.2. The minimum absolute atomic E-state index is 0.622. The lowest BCUT2D eigenvalue weighted by molar-refractivity contribution is 0.348. The van der Waals surface area contributed by atoms with Crippen LogP contribution in [-0.2, 0) is 0 Å². The van der Waals surface area contributed by atoms with Gasteiger partial charge in [0.1, 0.15) is 0 Å². The van der Waals surface area contributed by atoms with Crippen LogP contribution < -0.4 is 0 Å². The standard InChI is InChI=1S/C30H51N/c1-5-7-9-11-13-15-17-19-22-28-26(3)29(30-24-21-25-31(30)27(28)4)23-20-18-16-14-12-10-8-6-2/h19-20,22-23,30H,5-18,21,24-25H2,1-4H3. The number of hydrogen-bond donors (Lipinski definition) is 0. The molecule has 0 bridgehead atoms. The Morgan fingerprint density at radius 3 is 1.90 bits per heavy atom. The molecule has 0 amide bonds. The van der Waals surface area contributed by atoms with Crippen molar-refractivity contribution in [2.24, 2.45) is 0 Å². The van der Waals surface area contributed by atoms with E-state index >= 15 is 0 Å². The van der Waals surface area contributed by atoms with Gasteiger partial charge in [-0.05, 0) is 69.1 Å². The van der Waals surface area contributed by atoms with Crippen LogP contribution in [0.2, 0.25) is 0 Å². The van der Waals surface area contributed by atoms with Gasteiger partial charge in [0.2, 0.25) is 0 Å². The highest BCUT2D eigenvalue weighted by Crippen LogP contribution is 2.38. The molecule has 0 aliphatic carbocycles. The molecular formula is C30H51N. The molecule has 2 heterocycles. The van der Waals surface area contributed by atoms with Crippen molar-refractivity contribution in [2.45, 2.75) is 136 Å². The summed E-state index contributed by atoms with van der Waals surface area (Å²) < 4.78 is 0. The molecule has 31 heavy (non-hydrogen) atoms. The topological polar surface area (TPSA) is 3.24 Å². The van der Waals surface area contributed by atoms with Gasteiger partial charge in [-0.2, -0.15) is 0 Å². The Morgan fingerprint density at radius 1 is 0.742 bits per heavy atom. The Kier molecular flexibility index (Phi) is 13.0. The van der Waals surface area contributed by atoms with E-state index in [1.807, 2.05) is 0 Å². The van der Waals surface area contributed by atoms with Crippen molar-refractivity contribution in [3.8, 4) is 0 Å². The minimum Gasteiger partial charge on any atom is -0.368 e. The molecule has 0 N–H and O–H groups in total. The van der Waals surface area contributed by atoms with Crippen molar-refractivity contribution in [3.05, 3.63) is 46.7 Å². The van der Waals surface area contributed by atoms with Crippen LogP contribution in [0.5, 0.6) is 0 Å². The predicted molar refractivity (Wildman–Crippen MR) is 139 cm³/mol. The van der Waals surface area contributed by atoms with Gasteiger partial charge in [-0.3, -0.25) is 0 Å². The van der Waals surface area contributed by atoms with Crippen molar-refractivity contribution in [2.75, 3.05) is 6.54 Å². The molecule has 0 saturated carbocycles. The van der Waals surface area contributed by atoms with Gasteiger partial charge >= 0.3 is 0 Å². The molecule has 0 spiro atoms. The normalized spacial score (nSPS) is 19.5. The number of rotatable bonds is 16. The van der Waals surface area contributed by atoms with Gasteiger partial charge in [-0.1, -0.05) is 102 Å². The van der Waals surface area contributed by atoms with E-state index in [4.69, 9.17) is 0 Å². The summed E-state index contributed by atoms with van der Waals surface area (Å²) in [5.41, 5.74) is 6.11. The highest BCUT2D eigenvalue weighted by Gasteiger charge is 2.32. The first kappa shape index (κ1) is 26.0.